The molecule has 1 atom stereocenters. The van der Waals surface area contributed by atoms with E-state index in [0.717, 1.165) is 11.3 Å². The maximum atomic E-state index is 12.9. The third kappa shape index (κ3) is 4.67. The van der Waals surface area contributed by atoms with Gasteiger partial charge in [0.25, 0.3) is 0 Å². The Bertz CT molecular complexity index is 897. The van der Waals surface area contributed by atoms with Crippen LogP contribution in [0.4, 0.5) is 5.69 Å². The second-order valence-electron chi connectivity index (χ2n) is 7.22. The second kappa shape index (κ2) is 9.52. The smallest absolute Gasteiger partial charge is 0.228 e. The van der Waals surface area contributed by atoms with E-state index >= 15 is 0 Å². The molecule has 1 fully saturated rings. The first-order chi connectivity index (χ1) is 14.5. The summed E-state index contributed by atoms with van der Waals surface area (Å²) in [6.07, 6.45) is 0.195. The number of hydrogen-bond donors (Lipinski definition) is 0. The van der Waals surface area contributed by atoms with Gasteiger partial charge in [-0.1, -0.05) is 12.1 Å². The molecule has 0 spiro atoms. The molecule has 0 N–H and O–H groups in total. The van der Waals surface area contributed by atoms with Crippen molar-refractivity contribution in [2.45, 2.75) is 19.9 Å². The molecule has 2 amide bonds. The molecule has 7 heteroatoms. The van der Waals surface area contributed by atoms with Gasteiger partial charge in [-0.3, -0.25) is 9.59 Å². The van der Waals surface area contributed by atoms with Gasteiger partial charge in [-0.25, -0.2) is 0 Å². The van der Waals surface area contributed by atoms with Crippen molar-refractivity contribution in [3.63, 3.8) is 0 Å². The standard InChI is InChI=1S/C23H28N2O5/c1-5-30-19-9-6-16(7-10-19)14-24(2)23(27)17-12-22(26)25(15-17)18-8-11-20(28-3)21(13-18)29-4/h6-11,13,17H,5,12,14-15H2,1-4H3. The van der Waals surface area contributed by atoms with Gasteiger partial charge >= 0.3 is 0 Å². The van der Waals surface area contributed by atoms with Crippen molar-refractivity contribution in [2.24, 2.45) is 5.92 Å². The predicted octanol–water partition coefficient (Wildman–Crippen LogP) is 3.11. The van der Waals surface area contributed by atoms with Crippen LogP contribution < -0.4 is 19.1 Å². The lowest BCUT2D eigenvalue weighted by molar-refractivity contribution is -0.135. The van der Waals surface area contributed by atoms with Gasteiger partial charge in [-0.15, -0.1) is 0 Å². The third-order valence-corrected chi connectivity index (χ3v) is 5.18. The molecular weight excluding hydrogens is 384 g/mol. The van der Waals surface area contributed by atoms with Crippen LogP contribution in [-0.2, 0) is 16.1 Å². The Morgan fingerprint density at radius 2 is 1.80 bits per heavy atom. The van der Waals surface area contributed by atoms with E-state index in [4.69, 9.17) is 14.2 Å². The molecular formula is C23H28N2O5. The number of anilines is 1. The van der Waals surface area contributed by atoms with Gasteiger partial charge in [0.1, 0.15) is 5.75 Å². The lowest BCUT2D eigenvalue weighted by atomic mass is 10.1. The summed E-state index contributed by atoms with van der Waals surface area (Å²) in [6.45, 7) is 3.38. The molecule has 7 nitrogen and oxygen atoms in total. The number of carbonyl (C=O) groups excluding carboxylic acids is 2. The Labute approximate surface area is 177 Å². The number of amides is 2. The molecule has 0 radical (unpaired) electrons. The molecule has 3 rings (SSSR count). The molecule has 0 saturated carbocycles. The quantitative estimate of drug-likeness (QED) is 0.666. The van der Waals surface area contributed by atoms with E-state index in [2.05, 4.69) is 0 Å². The van der Waals surface area contributed by atoms with Gasteiger partial charge in [-0.05, 0) is 36.8 Å². The Kier molecular flexibility index (Phi) is 6.82. The van der Waals surface area contributed by atoms with Crippen LogP contribution in [0.3, 0.4) is 0 Å². The average Bonchev–Trinajstić information content (AvgIpc) is 3.15. The highest BCUT2D eigenvalue weighted by molar-refractivity contribution is 6.00. The number of ether oxygens (including phenoxy) is 3. The normalized spacial score (nSPS) is 15.8. The van der Waals surface area contributed by atoms with Crippen LogP contribution in [0, 0.1) is 5.92 Å². The van der Waals surface area contributed by atoms with Crippen molar-refractivity contribution in [3.8, 4) is 17.2 Å². The van der Waals surface area contributed by atoms with Crippen LogP contribution in [0.1, 0.15) is 18.9 Å². The zero-order valence-electron chi connectivity index (χ0n) is 17.9. The molecule has 2 aromatic carbocycles. The molecule has 30 heavy (non-hydrogen) atoms. The van der Waals surface area contributed by atoms with Crippen molar-refractivity contribution < 1.29 is 23.8 Å². The van der Waals surface area contributed by atoms with Crippen LogP contribution in [0.5, 0.6) is 17.2 Å². The summed E-state index contributed by atoms with van der Waals surface area (Å²) in [5, 5.41) is 0. The summed E-state index contributed by atoms with van der Waals surface area (Å²) in [5.74, 6) is 1.46. The molecule has 1 heterocycles. The summed E-state index contributed by atoms with van der Waals surface area (Å²) < 4.78 is 16.0. The van der Waals surface area contributed by atoms with Crippen LogP contribution in [0.25, 0.3) is 0 Å². The Morgan fingerprint density at radius 1 is 1.10 bits per heavy atom. The van der Waals surface area contributed by atoms with Gasteiger partial charge in [0, 0.05) is 38.3 Å². The van der Waals surface area contributed by atoms with Gasteiger partial charge in [0.05, 0.1) is 26.7 Å². The van der Waals surface area contributed by atoms with Crippen LogP contribution in [0.2, 0.25) is 0 Å². The van der Waals surface area contributed by atoms with Crippen LogP contribution in [0.15, 0.2) is 42.5 Å². The monoisotopic (exact) mass is 412 g/mol. The summed E-state index contributed by atoms with van der Waals surface area (Å²) >= 11 is 0. The first kappa shape index (κ1) is 21.5. The fraction of sp³-hybridized carbons (Fsp3) is 0.391. The number of carbonyl (C=O) groups is 2. The predicted molar refractivity (Wildman–Crippen MR) is 114 cm³/mol. The first-order valence-corrected chi connectivity index (χ1v) is 9.96. The topological polar surface area (TPSA) is 68.3 Å². The largest absolute Gasteiger partial charge is 0.494 e. The third-order valence-electron chi connectivity index (χ3n) is 5.18. The minimum atomic E-state index is -0.377. The summed E-state index contributed by atoms with van der Waals surface area (Å²) in [4.78, 5) is 28.8. The molecule has 1 aliphatic rings. The SMILES string of the molecule is CCOc1ccc(CN(C)C(=O)C2CC(=O)N(c3ccc(OC)c(OC)c3)C2)cc1. The number of methoxy groups -OCH3 is 2. The molecule has 0 aromatic heterocycles. The second-order valence-corrected chi connectivity index (χ2v) is 7.22. The Morgan fingerprint density at radius 3 is 2.43 bits per heavy atom. The number of nitrogens with zero attached hydrogens (tertiary/aromatic N) is 2. The Balaban J connectivity index is 1.65. The summed E-state index contributed by atoms with van der Waals surface area (Å²) in [6, 6.07) is 13.0. The van der Waals surface area contributed by atoms with E-state index in [1.54, 1.807) is 49.3 Å². The van der Waals surface area contributed by atoms with Crippen molar-refractivity contribution in [3.05, 3.63) is 48.0 Å². The molecule has 1 aliphatic heterocycles. The molecule has 1 saturated heterocycles. The van der Waals surface area contributed by atoms with Gasteiger partial charge in [-0.2, -0.15) is 0 Å². The minimum absolute atomic E-state index is 0.0415. The highest BCUT2D eigenvalue weighted by Gasteiger charge is 2.36. The minimum Gasteiger partial charge on any atom is -0.494 e. The summed E-state index contributed by atoms with van der Waals surface area (Å²) in [7, 11) is 4.88. The molecule has 160 valence electrons. The van der Waals surface area contributed by atoms with Crippen LogP contribution in [-0.4, -0.2) is 51.1 Å². The number of rotatable bonds is 8. The van der Waals surface area contributed by atoms with Crippen LogP contribution >= 0.6 is 0 Å². The molecule has 0 bridgehead atoms. The highest BCUT2D eigenvalue weighted by atomic mass is 16.5. The zero-order chi connectivity index (χ0) is 21.7. The Hall–Kier alpha value is -3.22. The van der Waals surface area contributed by atoms with Crippen molar-refractivity contribution in [2.75, 3.05) is 39.3 Å². The van der Waals surface area contributed by atoms with Gasteiger partial charge in [0.15, 0.2) is 11.5 Å². The maximum Gasteiger partial charge on any atom is 0.228 e. The van der Waals surface area contributed by atoms with E-state index in [0.29, 0.717) is 36.9 Å². The lowest BCUT2D eigenvalue weighted by Gasteiger charge is -2.22. The lowest BCUT2D eigenvalue weighted by Crippen LogP contribution is -2.34. The van der Waals surface area contributed by atoms with Crippen molar-refractivity contribution in [1.82, 2.24) is 4.90 Å². The van der Waals surface area contributed by atoms with E-state index in [1.807, 2.05) is 31.2 Å². The van der Waals surface area contributed by atoms with Crippen molar-refractivity contribution >= 4 is 17.5 Å². The van der Waals surface area contributed by atoms with Gasteiger partial charge < -0.3 is 24.0 Å². The van der Waals surface area contributed by atoms with Gasteiger partial charge in [0.2, 0.25) is 11.8 Å². The van der Waals surface area contributed by atoms with E-state index in [1.165, 1.54) is 0 Å². The molecule has 1 unspecified atom stereocenters. The fourth-order valence-electron chi connectivity index (χ4n) is 3.64. The highest BCUT2D eigenvalue weighted by Crippen LogP contribution is 2.34. The fourth-order valence-corrected chi connectivity index (χ4v) is 3.64. The zero-order valence-corrected chi connectivity index (χ0v) is 17.9. The first-order valence-electron chi connectivity index (χ1n) is 9.96. The molecule has 0 aliphatic carbocycles. The average molecular weight is 412 g/mol. The number of benzene rings is 2. The van der Waals surface area contributed by atoms with E-state index in [-0.39, 0.29) is 24.2 Å². The van der Waals surface area contributed by atoms with E-state index in [9.17, 15) is 9.59 Å². The van der Waals surface area contributed by atoms with Crippen molar-refractivity contribution in [1.29, 1.82) is 0 Å². The molecule has 2 aromatic rings. The van der Waals surface area contributed by atoms with E-state index < -0.39 is 0 Å². The summed E-state index contributed by atoms with van der Waals surface area (Å²) in [5.41, 5.74) is 1.71. The maximum absolute atomic E-state index is 12.9. The number of hydrogen-bond acceptors (Lipinski definition) is 5.